The molecule has 3 heteroatoms. The Hall–Kier alpha value is -2.03. The highest BCUT2D eigenvalue weighted by molar-refractivity contribution is 7.99. The van der Waals surface area contributed by atoms with Gasteiger partial charge in [-0.15, -0.1) is 11.8 Å². The third-order valence-electron chi connectivity index (χ3n) is 3.98. The molecule has 0 fully saturated rings. The summed E-state index contributed by atoms with van der Waals surface area (Å²) in [4.78, 5) is 13.7. The van der Waals surface area contributed by atoms with Crippen molar-refractivity contribution in [2.75, 3.05) is 5.75 Å². The minimum absolute atomic E-state index is 0.0782. The molecule has 4 rings (SSSR count). The molecule has 0 saturated carbocycles. The summed E-state index contributed by atoms with van der Waals surface area (Å²) in [6, 6.07) is 20.0. The first-order valence-electron chi connectivity index (χ1n) is 7.37. The molecule has 23 heavy (non-hydrogen) atoms. The van der Waals surface area contributed by atoms with Crippen LogP contribution in [-0.4, -0.2) is 11.5 Å². The van der Waals surface area contributed by atoms with E-state index >= 15 is 0 Å². The Kier molecular flexibility index (Phi) is 3.72. The molecule has 0 atom stereocenters. The van der Waals surface area contributed by atoms with Gasteiger partial charge in [0.25, 0.3) is 0 Å². The van der Waals surface area contributed by atoms with Crippen LogP contribution in [0, 0.1) is 0 Å². The Labute approximate surface area is 144 Å². The third kappa shape index (κ3) is 2.80. The summed E-state index contributed by atoms with van der Waals surface area (Å²) >= 11 is 7.72. The van der Waals surface area contributed by atoms with E-state index in [0.717, 1.165) is 16.0 Å². The van der Waals surface area contributed by atoms with Crippen molar-refractivity contribution in [1.82, 2.24) is 0 Å². The summed E-state index contributed by atoms with van der Waals surface area (Å²) < 4.78 is 0. The molecule has 1 aliphatic heterocycles. The number of hydrogen-bond donors (Lipinski definition) is 0. The number of halogens is 1. The first-order valence-corrected chi connectivity index (χ1v) is 8.73. The maximum Gasteiger partial charge on any atom is 0.191 e. The van der Waals surface area contributed by atoms with Gasteiger partial charge in [0.2, 0.25) is 0 Å². The van der Waals surface area contributed by atoms with E-state index in [1.807, 2.05) is 30.3 Å². The number of ketones is 1. The molecule has 0 aromatic heterocycles. The average molecular weight is 337 g/mol. The Morgan fingerprint density at radius 2 is 1.78 bits per heavy atom. The molecule has 112 valence electrons. The highest BCUT2D eigenvalue weighted by Gasteiger charge is 2.22. The van der Waals surface area contributed by atoms with E-state index < -0.39 is 0 Å². The van der Waals surface area contributed by atoms with Crippen molar-refractivity contribution in [2.45, 2.75) is 4.90 Å². The van der Waals surface area contributed by atoms with Gasteiger partial charge in [-0.3, -0.25) is 4.79 Å². The normalized spacial score (nSPS) is 15.9. The van der Waals surface area contributed by atoms with Gasteiger partial charge in [-0.05, 0) is 46.7 Å². The fraction of sp³-hybridized carbons (Fsp3) is 0.0500. The molecule has 3 aromatic rings. The molecule has 3 aromatic carbocycles. The van der Waals surface area contributed by atoms with Crippen molar-refractivity contribution in [3.05, 3.63) is 82.4 Å². The molecule has 0 spiro atoms. The number of thioether (sulfide) groups is 1. The molecule has 0 bridgehead atoms. The van der Waals surface area contributed by atoms with Crippen molar-refractivity contribution in [3.8, 4) is 0 Å². The molecular weight excluding hydrogens is 324 g/mol. The van der Waals surface area contributed by atoms with Crippen LogP contribution in [0.1, 0.15) is 15.9 Å². The number of carbonyl (C=O) groups excluding carboxylic acids is 1. The SMILES string of the molecule is O=C1/C(=C/c2ccc3ccccc3c2)CSc2ccc(Cl)cc21. The molecule has 0 radical (unpaired) electrons. The van der Waals surface area contributed by atoms with E-state index in [4.69, 9.17) is 11.6 Å². The van der Waals surface area contributed by atoms with E-state index in [-0.39, 0.29) is 5.78 Å². The van der Waals surface area contributed by atoms with Crippen LogP contribution in [0.3, 0.4) is 0 Å². The second kappa shape index (κ2) is 5.88. The largest absolute Gasteiger partial charge is 0.289 e. The van der Waals surface area contributed by atoms with Crippen LogP contribution in [0.2, 0.25) is 5.02 Å². The van der Waals surface area contributed by atoms with Crippen LogP contribution < -0.4 is 0 Å². The van der Waals surface area contributed by atoms with Gasteiger partial charge in [-0.1, -0.05) is 48.0 Å². The van der Waals surface area contributed by atoms with E-state index in [2.05, 4.69) is 30.3 Å². The summed E-state index contributed by atoms with van der Waals surface area (Å²) in [6.07, 6.45) is 1.99. The Morgan fingerprint density at radius 1 is 0.957 bits per heavy atom. The van der Waals surface area contributed by atoms with Crippen molar-refractivity contribution in [2.24, 2.45) is 0 Å². The van der Waals surface area contributed by atoms with E-state index in [1.54, 1.807) is 17.8 Å². The number of carbonyl (C=O) groups is 1. The number of benzene rings is 3. The smallest absolute Gasteiger partial charge is 0.191 e. The molecule has 0 saturated heterocycles. The van der Waals surface area contributed by atoms with Crippen molar-refractivity contribution >= 4 is 46.0 Å². The second-order valence-electron chi connectivity index (χ2n) is 5.53. The molecule has 0 amide bonds. The Balaban J connectivity index is 1.74. The first kappa shape index (κ1) is 14.6. The number of fused-ring (bicyclic) bond motifs is 2. The number of Topliss-reactive ketones (excluding diaryl/α,β-unsaturated/α-hetero) is 1. The molecule has 0 N–H and O–H groups in total. The van der Waals surface area contributed by atoms with E-state index in [0.29, 0.717) is 16.3 Å². The van der Waals surface area contributed by atoms with E-state index in [1.165, 1.54) is 10.8 Å². The minimum Gasteiger partial charge on any atom is -0.289 e. The molecule has 1 nitrogen and oxygen atoms in total. The van der Waals surface area contributed by atoms with Crippen LogP contribution in [0.25, 0.3) is 16.8 Å². The van der Waals surface area contributed by atoms with Crippen LogP contribution in [-0.2, 0) is 0 Å². The van der Waals surface area contributed by atoms with Gasteiger partial charge >= 0.3 is 0 Å². The van der Waals surface area contributed by atoms with Gasteiger partial charge in [0, 0.05) is 26.8 Å². The van der Waals surface area contributed by atoms with Crippen LogP contribution >= 0.6 is 23.4 Å². The minimum atomic E-state index is 0.0782. The van der Waals surface area contributed by atoms with Gasteiger partial charge < -0.3 is 0 Å². The second-order valence-corrected chi connectivity index (χ2v) is 6.99. The van der Waals surface area contributed by atoms with Gasteiger partial charge in [-0.25, -0.2) is 0 Å². The van der Waals surface area contributed by atoms with Crippen molar-refractivity contribution in [1.29, 1.82) is 0 Å². The summed E-state index contributed by atoms with van der Waals surface area (Å²) in [5, 5.41) is 2.99. The van der Waals surface area contributed by atoms with Gasteiger partial charge in [0.1, 0.15) is 0 Å². The Morgan fingerprint density at radius 3 is 2.65 bits per heavy atom. The fourth-order valence-electron chi connectivity index (χ4n) is 2.81. The molecule has 0 unspecified atom stereocenters. The van der Waals surface area contributed by atoms with Crippen LogP contribution in [0.5, 0.6) is 0 Å². The standard InChI is InChI=1S/C20H13ClOS/c21-17-7-8-19-18(11-17)20(22)16(12-23-19)10-13-5-6-14-3-1-2-4-15(14)9-13/h1-11H,12H2/b16-10+. The zero-order valence-corrected chi connectivity index (χ0v) is 13.8. The number of rotatable bonds is 1. The predicted molar refractivity (Wildman–Crippen MR) is 98.4 cm³/mol. The molecular formula is C20H13ClOS. The van der Waals surface area contributed by atoms with Crippen molar-refractivity contribution in [3.63, 3.8) is 0 Å². The lowest BCUT2D eigenvalue weighted by Gasteiger charge is -2.17. The molecule has 0 aliphatic carbocycles. The first-order chi connectivity index (χ1) is 11.2. The van der Waals surface area contributed by atoms with Gasteiger partial charge in [-0.2, -0.15) is 0 Å². The maximum absolute atomic E-state index is 12.7. The van der Waals surface area contributed by atoms with Gasteiger partial charge in [0.05, 0.1) is 0 Å². The average Bonchev–Trinajstić information content (AvgIpc) is 2.58. The van der Waals surface area contributed by atoms with Crippen molar-refractivity contribution < 1.29 is 4.79 Å². The lowest BCUT2D eigenvalue weighted by Crippen LogP contribution is -2.12. The predicted octanol–water partition coefficient (Wildman–Crippen LogP) is 5.87. The summed E-state index contributed by atoms with van der Waals surface area (Å²) in [6.45, 7) is 0. The zero-order valence-electron chi connectivity index (χ0n) is 12.3. The zero-order chi connectivity index (χ0) is 15.8. The van der Waals surface area contributed by atoms with E-state index in [9.17, 15) is 4.79 Å². The Bertz CT molecular complexity index is 959. The molecule has 1 aliphatic rings. The summed E-state index contributed by atoms with van der Waals surface area (Å²) in [7, 11) is 0. The summed E-state index contributed by atoms with van der Waals surface area (Å²) in [5.74, 6) is 0.773. The van der Waals surface area contributed by atoms with Crippen LogP contribution in [0.4, 0.5) is 0 Å². The lowest BCUT2D eigenvalue weighted by atomic mass is 10.00. The number of hydrogen-bond acceptors (Lipinski definition) is 2. The van der Waals surface area contributed by atoms with Crippen LogP contribution in [0.15, 0.2) is 71.1 Å². The molecule has 1 heterocycles. The van der Waals surface area contributed by atoms with Gasteiger partial charge in [0.15, 0.2) is 5.78 Å². The quantitative estimate of drug-likeness (QED) is 0.517. The highest BCUT2D eigenvalue weighted by Crippen LogP contribution is 2.35. The maximum atomic E-state index is 12.7. The third-order valence-corrected chi connectivity index (χ3v) is 5.33. The fourth-order valence-corrected chi connectivity index (χ4v) is 3.97. The summed E-state index contributed by atoms with van der Waals surface area (Å²) in [5.41, 5.74) is 2.58. The monoisotopic (exact) mass is 336 g/mol. The lowest BCUT2D eigenvalue weighted by molar-refractivity contribution is 0.103. The highest BCUT2D eigenvalue weighted by atomic mass is 35.5. The topological polar surface area (TPSA) is 17.1 Å².